The lowest BCUT2D eigenvalue weighted by molar-refractivity contribution is -0.119. The summed E-state index contributed by atoms with van der Waals surface area (Å²) in [5, 5.41) is 6.91. The first-order chi connectivity index (χ1) is 11.5. The van der Waals surface area contributed by atoms with Crippen molar-refractivity contribution in [2.75, 3.05) is 5.75 Å². The largest absolute Gasteiger partial charge is 0.353 e. The maximum atomic E-state index is 11.9. The number of hydrogen-bond acceptors (Lipinski definition) is 5. The molecule has 0 radical (unpaired) electrons. The summed E-state index contributed by atoms with van der Waals surface area (Å²) in [6.07, 6.45) is 1.57. The highest BCUT2D eigenvalue weighted by Crippen LogP contribution is 2.37. The fourth-order valence-electron chi connectivity index (χ4n) is 2.40. The van der Waals surface area contributed by atoms with Gasteiger partial charge in [-0.05, 0) is 26.3 Å². The highest BCUT2D eigenvalue weighted by atomic mass is 32.2. The van der Waals surface area contributed by atoms with Crippen LogP contribution in [0.15, 0.2) is 41.0 Å². The number of aromatic nitrogens is 2. The van der Waals surface area contributed by atoms with Crippen LogP contribution in [0.1, 0.15) is 19.4 Å². The van der Waals surface area contributed by atoms with Crippen molar-refractivity contribution in [1.82, 2.24) is 15.3 Å². The molecule has 3 rings (SSSR count). The zero-order valence-electron chi connectivity index (χ0n) is 13.9. The summed E-state index contributed by atoms with van der Waals surface area (Å²) in [7, 11) is 0. The van der Waals surface area contributed by atoms with Crippen molar-refractivity contribution in [3.8, 4) is 11.1 Å². The monoisotopic (exact) mass is 357 g/mol. The number of thiophene rings is 1. The molecule has 124 valence electrons. The molecule has 4 nitrogen and oxygen atoms in total. The fraction of sp³-hybridized carbons (Fsp3) is 0.278. The topological polar surface area (TPSA) is 54.9 Å². The van der Waals surface area contributed by atoms with Crippen LogP contribution >= 0.6 is 23.1 Å². The predicted molar refractivity (Wildman–Crippen MR) is 102 cm³/mol. The highest BCUT2D eigenvalue weighted by molar-refractivity contribution is 8.00. The third-order valence-corrected chi connectivity index (χ3v) is 5.36. The van der Waals surface area contributed by atoms with Crippen LogP contribution in [0, 0.1) is 6.92 Å². The van der Waals surface area contributed by atoms with E-state index >= 15 is 0 Å². The number of rotatable bonds is 5. The number of aryl methyl sites for hydroxylation is 1. The van der Waals surface area contributed by atoms with Gasteiger partial charge >= 0.3 is 0 Å². The van der Waals surface area contributed by atoms with Gasteiger partial charge in [-0.15, -0.1) is 11.3 Å². The Morgan fingerprint density at radius 3 is 2.71 bits per heavy atom. The normalized spacial score (nSPS) is 11.2. The van der Waals surface area contributed by atoms with E-state index < -0.39 is 0 Å². The minimum atomic E-state index is 0.0221. The summed E-state index contributed by atoms with van der Waals surface area (Å²) in [6, 6.07) is 8.58. The Hall–Kier alpha value is -1.92. The lowest BCUT2D eigenvalue weighted by Crippen LogP contribution is -2.31. The number of nitrogens with zero attached hydrogens (tertiary/aromatic N) is 2. The van der Waals surface area contributed by atoms with Gasteiger partial charge in [-0.2, -0.15) is 0 Å². The van der Waals surface area contributed by atoms with Crippen LogP contribution in [0.4, 0.5) is 0 Å². The Morgan fingerprint density at radius 1 is 1.25 bits per heavy atom. The van der Waals surface area contributed by atoms with Crippen LogP contribution in [-0.2, 0) is 4.79 Å². The standard InChI is InChI=1S/C18H19N3OS2/c1-11(2)21-15(22)9-24-18-16-14(8-23-17(16)19-10-20-18)13-6-4-12(3)5-7-13/h4-8,10-11H,9H2,1-3H3,(H,21,22). The second-order valence-corrected chi connectivity index (χ2v) is 7.71. The van der Waals surface area contributed by atoms with Crippen LogP contribution in [-0.4, -0.2) is 27.7 Å². The van der Waals surface area contributed by atoms with E-state index in [0.717, 1.165) is 26.4 Å². The summed E-state index contributed by atoms with van der Waals surface area (Å²) >= 11 is 3.07. The van der Waals surface area contributed by atoms with Crippen molar-refractivity contribution in [2.45, 2.75) is 31.8 Å². The van der Waals surface area contributed by atoms with Crippen LogP contribution in [0.2, 0.25) is 0 Å². The summed E-state index contributed by atoms with van der Waals surface area (Å²) in [6.45, 7) is 5.99. The van der Waals surface area contributed by atoms with E-state index in [1.165, 1.54) is 17.3 Å². The van der Waals surface area contributed by atoms with Crippen LogP contribution in [0.25, 0.3) is 21.3 Å². The molecule has 0 bridgehead atoms. The van der Waals surface area contributed by atoms with Crippen molar-refractivity contribution in [1.29, 1.82) is 0 Å². The molecule has 0 atom stereocenters. The number of thioether (sulfide) groups is 1. The second-order valence-electron chi connectivity index (χ2n) is 5.89. The molecule has 0 unspecified atom stereocenters. The van der Waals surface area contributed by atoms with Gasteiger partial charge in [0.05, 0.1) is 11.1 Å². The average molecular weight is 358 g/mol. The summed E-state index contributed by atoms with van der Waals surface area (Å²) in [5.41, 5.74) is 3.51. The summed E-state index contributed by atoms with van der Waals surface area (Å²) in [5.74, 6) is 0.377. The number of benzene rings is 1. The van der Waals surface area contributed by atoms with Crippen molar-refractivity contribution >= 4 is 39.2 Å². The Kier molecular flexibility index (Phi) is 5.16. The first-order valence-corrected chi connectivity index (χ1v) is 9.62. The Bertz CT molecular complexity index is 856. The van der Waals surface area contributed by atoms with E-state index in [4.69, 9.17) is 0 Å². The molecular formula is C18H19N3OS2. The zero-order chi connectivity index (χ0) is 17.1. The number of carbonyl (C=O) groups is 1. The van der Waals surface area contributed by atoms with Gasteiger partial charge < -0.3 is 5.32 Å². The molecule has 0 aliphatic heterocycles. The van der Waals surface area contributed by atoms with E-state index in [-0.39, 0.29) is 11.9 Å². The van der Waals surface area contributed by atoms with Crippen molar-refractivity contribution in [3.63, 3.8) is 0 Å². The second kappa shape index (κ2) is 7.32. The van der Waals surface area contributed by atoms with E-state index in [0.29, 0.717) is 5.75 Å². The molecule has 0 aliphatic rings. The molecule has 2 aromatic heterocycles. The average Bonchev–Trinajstić information content (AvgIpc) is 2.97. The maximum Gasteiger partial charge on any atom is 0.230 e. The fourth-order valence-corrected chi connectivity index (χ4v) is 4.20. The maximum absolute atomic E-state index is 11.9. The third-order valence-electron chi connectivity index (χ3n) is 3.49. The number of hydrogen-bond donors (Lipinski definition) is 1. The first kappa shape index (κ1) is 16.9. The number of amides is 1. The van der Waals surface area contributed by atoms with E-state index in [9.17, 15) is 4.79 Å². The number of fused-ring (bicyclic) bond motifs is 1. The molecule has 6 heteroatoms. The van der Waals surface area contributed by atoms with Gasteiger partial charge in [0.25, 0.3) is 0 Å². The molecular weight excluding hydrogens is 338 g/mol. The van der Waals surface area contributed by atoms with Gasteiger partial charge in [-0.3, -0.25) is 4.79 Å². The summed E-state index contributed by atoms with van der Waals surface area (Å²) < 4.78 is 0. The molecule has 1 aromatic carbocycles. The number of carbonyl (C=O) groups excluding carboxylic acids is 1. The molecule has 0 saturated carbocycles. The highest BCUT2D eigenvalue weighted by Gasteiger charge is 2.14. The molecule has 0 fully saturated rings. The van der Waals surface area contributed by atoms with Crippen LogP contribution in [0.5, 0.6) is 0 Å². The Labute approximate surface area is 149 Å². The van der Waals surface area contributed by atoms with E-state index in [2.05, 4.69) is 51.9 Å². The predicted octanol–water partition coefficient (Wildman–Crippen LogP) is 4.28. The van der Waals surface area contributed by atoms with E-state index in [1.54, 1.807) is 17.7 Å². The molecule has 0 saturated heterocycles. The van der Waals surface area contributed by atoms with Gasteiger partial charge in [-0.1, -0.05) is 41.6 Å². The van der Waals surface area contributed by atoms with Crippen molar-refractivity contribution in [2.24, 2.45) is 0 Å². The van der Waals surface area contributed by atoms with Crippen molar-refractivity contribution < 1.29 is 4.79 Å². The van der Waals surface area contributed by atoms with Gasteiger partial charge in [0.2, 0.25) is 5.91 Å². The molecule has 1 N–H and O–H groups in total. The van der Waals surface area contributed by atoms with Gasteiger partial charge in [0.15, 0.2) is 0 Å². The molecule has 0 aliphatic carbocycles. The van der Waals surface area contributed by atoms with Crippen molar-refractivity contribution in [3.05, 3.63) is 41.5 Å². The van der Waals surface area contributed by atoms with Crippen LogP contribution < -0.4 is 5.32 Å². The molecule has 2 heterocycles. The Balaban J connectivity index is 1.92. The zero-order valence-corrected chi connectivity index (χ0v) is 15.5. The molecule has 0 spiro atoms. The molecule has 3 aromatic rings. The molecule has 1 amide bonds. The Morgan fingerprint density at radius 2 is 2.00 bits per heavy atom. The minimum absolute atomic E-state index is 0.0221. The smallest absolute Gasteiger partial charge is 0.230 e. The van der Waals surface area contributed by atoms with Gasteiger partial charge in [-0.25, -0.2) is 9.97 Å². The number of nitrogens with one attached hydrogen (secondary N) is 1. The minimum Gasteiger partial charge on any atom is -0.353 e. The first-order valence-electron chi connectivity index (χ1n) is 7.76. The summed E-state index contributed by atoms with van der Waals surface area (Å²) in [4.78, 5) is 21.7. The third kappa shape index (κ3) is 3.76. The van der Waals surface area contributed by atoms with Crippen LogP contribution in [0.3, 0.4) is 0 Å². The lowest BCUT2D eigenvalue weighted by Gasteiger charge is -2.08. The SMILES string of the molecule is Cc1ccc(-c2csc3ncnc(SCC(=O)NC(C)C)c23)cc1. The lowest BCUT2D eigenvalue weighted by atomic mass is 10.1. The molecule has 24 heavy (non-hydrogen) atoms. The quantitative estimate of drug-likeness (QED) is 0.547. The van der Waals surface area contributed by atoms with Gasteiger partial charge in [0.1, 0.15) is 16.2 Å². The van der Waals surface area contributed by atoms with Gasteiger partial charge in [0, 0.05) is 17.0 Å². The van der Waals surface area contributed by atoms with E-state index in [1.807, 2.05) is 13.8 Å².